The minimum atomic E-state index is -1.48. The summed E-state index contributed by atoms with van der Waals surface area (Å²) in [6.07, 6.45) is 0. The molecule has 2 aromatic carbocycles. The first-order valence-electron chi connectivity index (χ1n) is 17.2. The van der Waals surface area contributed by atoms with Crippen LogP contribution in [-0.4, -0.2) is 36.2 Å². The van der Waals surface area contributed by atoms with Crippen molar-refractivity contribution in [3.8, 4) is 11.5 Å². The Kier molecular flexibility index (Phi) is 11.1. The fraction of sp³-hybridized carbons (Fsp3) is 0.564. The van der Waals surface area contributed by atoms with E-state index < -0.39 is 62.5 Å². The third kappa shape index (κ3) is 8.31. The van der Waals surface area contributed by atoms with Crippen molar-refractivity contribution in [3.05, 3.63) is 89.1 Å². The quantitative estimate of drug-likeness (QED) is 0.332. The van der Waals surface area contributed by atoms with Crippen molar-refractivity contribution >= 4 is 11.9 Å². The van der Waals surface area contributed by atoms with Crippen molar-refractivity contribution in [2.75, 3.05) is 0 Å². The van der Waals surface area contributed by atoms with Crippen LogP contribution < -0.4 is 26.7 Å². The van der Waals surface area contributed by atoms with Gasteiger partial charge in [0.15, 0.2) is 0 Å². The molecule has 0 aliphatic heterocycles. The van der Waals surface area contributed by atoms with Crippen molar-refractivity contribution in [2.45, 2.75) is 144 Å². The summed E-state index contributed by atoms with van der Waals surface area (Å²) in [5.74, 6) is -3.83. The van der Waals surface area contributed by atoms with Gasteiger partial charge < -0.3 is 19.9 Å². The maximum Gasteiger partial charge on any atom is 0.404 e. The molecule has 1 aromatic heterocycles. The average molecular weight is 710 g/mol. The van der Waals surface area contributed by atoms with E-state index in [4.69, 9.17) is 9.68 Å². The molecule has 0 aliphatic rings. The molecule has 0 aliphatic carbocycles. The summed E-state index contributed by atoms with van der Waals surface area (Å²) in [6, 6.07) is 6.75. The molecule has 2 N–H and O–H groups in total. The van der Waals surface area contributed by atoms with Crippen molar-refractivity contribution in [2.24, 2.45) is 0 Å². The molecule has 0 saturated heterocycles. The summed E-state index contributed by atoms with van der Waals surface area (Å²) in [4.78, 5) is 78.0. The highest BCUT2D eigenvalue weighted by Gasteiger charge is 2.33. The number of phenolic OH excluding ortho intramolecular Hbond substituents is 2. The molecule has 12 heteroatoms. The lowest BCUT2D eigenvalue weighted by atomic mass is 9.77. The van der Waals surface area contributed by atoms with E-state index in [1.165, 1.54) is 20.8 Å². The predicted octanol–water partition coefficient (Wildman–Crippen LogP) is 5.31. The van der Waals surface area contributed by atoms with Gasteiger partial charge in [-0.2, -0.15) is 0 Å². The van der Waals surface area contributed by atoms with E-state index in [1.54, 1.807) is 24.3 Å². The number of carbonyl (C=O) groups excluding carboxylic acids is 2. The van der Waals surface area contributed by atoms with Gasteiger partial charge in [-0.1, -0.05) is 117 Å². The number of aromatic nitrogens is 3. The number of hydrogen-bond donors (Lipinski definition) is 2. The lowest BCUT2D eigenvalue weighted by Crippen LogP contribution is -2.59. The number of phenols is 2. The molecule has 12 nitrogen and oxygen atoms in total. The number of hydrogen-bond acceptors (Lipinski definition) is 9. The van der Waals surface area contributed by atoms with Crippen LogP contribution in [0.1, 0.15) is 149 Å². The zero-order valence-electron chi connectivity index (χ0n) is 32.8. The normalized spacial score (nSPS) is 13.9. The molecule has 0 fully saturated rings. The second-order valence-electron chi connectivity index (χ2n) is 17.4. The summed E-state index contributed by atoms with van der Waals surface area (Å²) in [6.45, 7) is 27.4. The molecule has 0 bridgehead atoms. The first-order chi connectivity index (χ1) is 23.0. The molecule has 3 aromatic rings. The molecular formula is C39H55N3O9. The zero-order chi connectivity index (χ0) is 39.3. The zero-order valence-corrected chi connectivity index (χ0v) is 32.8. The van der Waals surface area contributed by atoms with Crippen molar-refractivity contribution in [1.29, 1.82) is 0 Å². The molecule has 2 atom stereocenters. The van der Waals surface area contributed by atoms with Gasteiger partial charge in [0.1, 0.15) is 11.5 Å². The van der Waals surface area contributed by atoms with Gasteiger partial charge in [0, 0.05) is 6.54 Å². The van der Waals surface area contributed by atoms with E-state index in [-0.39, 0.29) is 27.5 Å². The van der Waals surface area contributed by atoms with Gasteiger partial charge in [-0.25, -0.2) is 28.5 Å². The summed E-state index contributed by atoms with van der Waals surface area (Å²) in [5, 5.41) is 22.3. The highest BCUT2D eigenvalue weighted by Crippen LogP contribution is 2.42. The molecule has 280 valence electrons. The van der Waals surface area contributed by atoms with Crippen LogP contribution in [-0.2, 0) is 37.8 Å². The third-order valence-electron chi connectivity index (χ3n) is 9.04. The summed E-state index contributed by atoms with van der Waals surface area (Å²) < 4.78 is 0.810. The van der Waals surface area contributed by atoms with E-state index in [0.29, 0.717) is 37.9 Å². The minimum absolute atomic E-state index is 0.105. The van der Waals surface area contributed by atoms with Crippen LogP contribution in [0.25, 0.3) is 0 Å². The summed E-state index contributed by atoms with van der Waals surface area (Å²) in [7, 11) is 0. The van der Waals surface area contributed by atoms with Crippen molar-refractivity contribution < 1.29 is 29.5 Å². The molecule has 51 heavy (non-hydrogen) atoms. The topological polar surface area (TPSA) is 159 Å². The fourth-order valence-electron chi connectivity index (χ4n) is 5.68. The van der Waals surface area contributed by atoms with Crippen molar-refractivity contribution in [3.63, 3.8) is 0 Å². The summed E-state index contributed by atoms with van der Waals surface area (Å²) in [5.41, 5.74) is -2.56. The molecule has 2 unspecified atom stereocenters. The van der Waals surface area contributed by atoms with Gasteiger partial charge in [0.2, 0.25) is 0 Å². The van der Waals surface area contributed by atoms with E-state index in [9.17, 15) is 34.2 Å². The monoisotopic (exact) mass is 709 g/mol. The molecule has 0 spiro atoms. The Labute approximate surface area is 299 Å². The predicted molar refractivity (Wildman–Crippen MR) is 196 cm³/mol. The van der Waals surface area contributed by atoms with E-state index in [1.807, 2.05) is 83.1 Å². The van der Waals surface area contributed by atoms with E-state index in [0.717, 1.165) is 0 Å². The largest absolute Gasteiger partial charge is 0.507 e. The van der Waals surface area contributed by atoms with Crippen molar-refractivity contribution in [1.82, 2.24) is 14.0 Å². The SMILES string of the molecule is CCn1c(=O)n(OC(=O)C(C)c2cc(C(C)(C)C)c(O)c(C(C)(C)C)c2)c(=O)n(OC(=O)C(C)c2cc(C(C)(C)C)c(O)c(C(C)(C)C)c2)c1=O. The molecule has 0 radical (unpaired) electrons. The number of nitrogens with zero attached hydrogens (tertiary/aromatic N) is 3. The Hall–Kier alpha value is -4.61. The van der Waals surface area contributed by atoms with Crippen LogP contribution in [0, 0.1) is 0 Å². The molecular weight excluding hydrogens is 654 g/mol. The Morgan fingerprint density at radius 3 is 1.04 bits per heavy atom. The fourth-order valence-corrected chi connectivity index (χ4v) is 5.68. The van der Waals surface area contributed by atoms with Crippen LogP contribution in [0.15, 0.2) is 38.6 Å². The third-order valence-corrected chi connectivity index (χ3v) is 9.04. The van der Waals surface area contributed by atoms with Crippen LogP contribution in [0.5, 0.6) is 11.5 Å². The Bertz CT molecular complexity index is 1810. The van der Waals surface area contributed by atoms with Gasteiger partial charge in [0.05, 0.1) is 11.8 Å². The molecule has 1 heterocycles. The lowest BCUT2D eigenvalue weighted by molar-refractivity contribution is -0.150. The number of rotatable bonds is 7. The smallest absolute Gasteiger partial charge is 0.404 e. The Balaban J connectivity index is 2.10. The van der Waals surface area contributed by atoms with E-state index in [2.05, 4.69) is 0 Å². The molecule has 3 rings (SSSR count). The Morgan fingerprint density at radius 2 is 0.824 bits per heavy atom. The maximum atomic E-state index is 13.6. The van der Waals surface area contributed by atoms with Gasteiger partial charge >= 0.3 is 29.0 Å². The first-order valence-corrected chi connectivity index (χ1v) is 17.2. The van der Waals surface area contributed by atoms with Gasteiger partial charge in [-0.3, -0.25) is 0 Å². The standard InChI is InChI=1S/C39H55N3O9/c1-16-40-33(47)41(50-31(45)21(2)23-17-25(36(4,5)6)29(43)26(18-23)37(7,8)9)35(49)42(34(40)48)51-32(46)22(3)24-19-27(38(10,11)12)30(44)28(20-24)39(13,14)15/h17-22,43-44H,16H2,1-15H3. The number of carbonyl (C=O) groups is 2. The average Bonchev–Trinajstić information content (AvgIpc) is 2.98. The van der Waals surface area contributed by atoms with Gasteiger partial charge in [0.25, 0.3) is 0 Å². The van der Waals surface area contributed by atoms with Crippen LogP contribution in [0.2, 0.25) is 0 Å². The highest BCUT2D eigenvalue weighted by atomic mass is 16.7. The summed E-state index contributed by atoms with van der Waals surface area (Å²) >= 11 is 0. The maximum absolute atomic E-state index is 13.6. The number of aromatic hydroxyl groups is 2. The highest BCUT2D eigenvalue weighted by molar-refractivity contribution is 5.79. The van der Waals surface area contributed by atoms with Gasteiger partial charge in [-0.05, 0) is 75.8 Å². The lowest BCUT2D eigenvalue weighted by Gasteiger charge is -2.29. The number of benzene rings is 2. The van der Waals surface area contributed by atoms with Crippen LogP contribution in [0.4, 0.5) is 0 Å². The second kappa shape index (κ2) is 13.8. The second-order valence-corrected chi connectivity index (χ2v) is 17.4. The molecule has 0 amide bonds. The Morgan fingerprint density at radius 1 is 0.569 bits per heavy atom. The molecule has 0 saturated carbocycles. The first kappa shape index (κ1) is 40.8. The van der Waals surface area contributed by atoms with Crippen LogP contribution >= 0.6 is 0 Å². The van der Waals surface area contributed by atoms with Gasteiger partial charge in [-0.15, -0.1) is 0 Å². The van der Waals surface area contributed by atoms with Crippen LogP contribution in [0.3, 0.4) is 0 Å². The minimum Gasteiger partial charge on any atom is -0.507 e. The van der Waals surface area contributed by atoms with E-state index >= 15 is 0 Å².